The van der Waals surface area contributed by atoms with E-state index in [4.69, 9.17) is 9.47 Å². The maximum absolute atomic E-state index is 12.9. The minimum absolute atomic E-state index is 0.0199. The monoisotopic (exact) mass is 454 g/mol. The fraction of sp³-hybridized carbons (Fsp3) is 0.538. The van der Waals surface area contributed by atoms with Crippen LogP contribution >= 0.6 is 0 Å². The van der Waals surface area contributed by atoms with Crippen LogP contribution in [0.3, 0.4) is 0 Å². The van der Waals surface area contributed by atoms with Crippen LogP contribution in [0.2, 0.25) is 0 Å². The van der Waals surface area contributed by atoms with E-state index in [1.807, 2.05) is 25.1 Å². The first kappa shape index (κ1) is 23.7. The summed E-state index contributed by atoms with van der Waals surface area (Å²) in [6.45, 7) is 1.84. The maximum atomic E-state index is 12.9. The number of benzene rings is 1. The highest BCUT2D eigenvalue weighted by molar-refractivity contribution is 5.78. The van der Waals surface area contributed by atoms with Gasteiger partial charge in [-0.2, -0.15) is 0 Å². The third-order valence-electron chi connectivity index (χ3n) is 7.33. The summed E-state index contributed by atoms with van der Waals surface area (Å²) in [4.78, 5) is 18.5. The summed E-state index contributed by atoms with van der Waals surface area (Å²) in [6.07, 6.45) is 5.54. The summed E-state index contributed by atoms with van der Waals surface area (Å²) in [6, 6.07) is 13.4. The van der Waals surface area contributed by atoms with Gasteiger partial charge in [0.15, 0.2) is 6.61 Å². The SMILES string of the molecule is CN(C(=O)COc1cccnc1)[C@H]1CC[C@@]2(CCO)C[C@H](c3ccccc3)C[C@](C)(O2)[C@@H]1O. The van der Waals surface area contributed by atoms with Gasteiger partial charge in [-0.15, -0.1) is 0 Å². The number of rotatable bonds is 7. The van der Waals surface area contributed by atoms with Crippen molar-refractivity contribution in [3.05, 3.63) is 60.4 Å². The quantitative estimate of drug-likeness (QED) is 0.668. The molecule has 4 rings (SSSR count). The van der Waals surface area contributed by atoms with Crippen LogP contribution in [0, 0.1) is 0 Å². The number of amides is 1. The van der Waals surface area contributed by atoms with Crippen LogP contribution in [0.5, 0.6) is 5.75 Å². The van der Waals surface area contributed by atoms with Crippen LogP contribution in [-0.4, -0.2) is 69.6 Å². The van der Waals surface area contributed by atoms with Gasteiger partial charge in [-0.25, -0.2) is 0 Å². The van der Waals surface area contributed by atoms with E-state index in [9.17, 15) is 15.0 Å². The fourth-order valence-electron chi connectivity index (χ4n) is 5.61. The first-order chi connectivity index (χ1) is 15.9. The highest BCUT2D eigenvalue weighted by Crippen LogP contribution is 2.51. The lowest BCUT2D eigenvalue weighted by Gasteiger charge is -2.50. The van der Waals surface area contributed by atoms with Gasteiger partial charge in [0.05, 0.1) is 23.4 Å². The van der Waals surface area contributed by atoms with Gasteiger partial charge in [-0.3, -0.25) is 9.78 Å². The largest absolute Gasteiger partial charge is 0.482 e. The first-order valence-corrected chi connectivity index (χ1v) is 11.7. The predicted octanol–water partition coefficient (Wildman–Crippen LogP) is 2.92. The molecule has 2 aliphatic rings. The Labute approximate surface area is 195 Å². The number of nitrogens with zero attached hydrogens (tertiary/aromatic N) is 2. The predicted molar refractivity (Wildman–Crippen MR) is 124 cm³/mol. The van der Waals surface area contributed by atoms with E-state index < -0.39 is 23.3 Å². The average Bonchev–Trinajstić information content (AvgIpc) is 2.90. The number of aromatic nitrogens is 1. The molecule has 2 N–H and O–H groups in total. The average molecular weight is 455 g/mol. The highest BCUT2D eigenvalue weighted by atomic mass is 16.5. The van der Waals surface area contributed by atoms with E-state index in [1.54, 1.807) is 36.5 Å². The number of hydrogen-bond donors (Lipinski definition) is 2. The van der Waals surface area contributed by atoms with Crippen molar-refractivity contribution < 1.29 is 24.5 Å². The first-order valence-electron chi connectivity index (χ1n) is 11.7. The van der Waals surface area contributed by atoms with Crippen molar-refractivity contribution in [2.75, 3.05) is 20.3 Å². The van der Waals surface area contributed by atoms with Crippen LogP contribution in [0.25, 0.3) is 0 Å². The Hall–Kier alpha value is -2.48. The van der Waals surface area contributed by atoms with E-state index in [0.29, 0.717) is 31.4 Å². The van der Waals surface area contributed by atoms with Gasteiger partial charge in [0.1, 0.15) is 11.9 Å². The second kappa shape index (κ2) is 9.79. The Morgan fingerprint density at radius 2 is 2.03 bits per heavy atom. The molecule has 0 aliphatic carbocycles. The van der Waals surface area contributed by atoms with Crippen LogP contribution in [0.4, 0.5) is 0 Å². The molecule has 3 heterocycles. The Kier molecular flexibility index (Phi) is 7.02. The van der Waals surface area contributed by atoms with E-state index >= 15 is 0 Å². The van der Waals surface area contributed by atoms with Gasteiger partial charge in [-0.1, -0.05) is 30.3 Å². The van der Waals surface area contributed by atoms with Gasteiger partial charge < -0.3 is 24.6 Å². The van der Waals surface area contributed by atoms with Crippen molar-refractivity contribution in [2.24, 2.45) is 0 Å². The fourth-order valence-corrected chi connectivity index (χ4v) is 5.61. The number of pyridine rings is 1. The van der Waals surface area contributed by atoms with E-state index in [-0.39, 0.29) is 25.0 Å². The number of aliphatic hydroxyl groups excluding tert-OH is 2. The van der Waals surface area contributed by atoms with Gasteiger partial charge in [0.2, 0.25) is 0 Å². The van der Waals surface area contributed by atoms with Gasteiger partial charge in [0.25, 0.3) is 5.91 Å². The molecule has 7 heteroatoms. The summed E-state index contributed by atoms with van der Waals surface area (Å²) >= 11 is 0. The minimum Gasteiger partial charge on any atom is -0.482 e. The van der Waals surface area contributed by atoms with E-state index in [1.165, 1.54) is 5.56 Å². The molecule has 2 aliphatic heterocycles. The second-order valence-corrected chi connectivity index (χ2v) is 9.62. The zero-order valence-corrected chi connectivity index (χ0v) is 19.4. The molecule has 33 heavy (non-hydrogen) atoms. The third kappa shape index (κ3) is 5.05. The lowest BCUT2D eigenvalue weighted by molar-refractivity contribution is -0.226. The second-order valence-electron chi connectivity index (χ2n) is 9.62. The molecule has 2 fully saturated rings. The molecule has 178 valence electrons. The zero-order valence-electron chi connectivity index (χ0n) is 19.4. The van der Waals surface area contributed by atoms with Crippen molar-refractivity contribution in [3.63, 3.8) is 0 Å². The number of fused-ring (bicyclic) bond motifs is 2. The molecule has 0 spiro atoms. The number of carbonyl (C=O) groups excluding carboxylic acids is 1. The van der Waals surface area contributed by atoms with Crippen molar-refractivity contribution in [2.45, 2.75) is 68.3 Å². The van der Waals surface area contributed by atoms with Crippen molar-refractivity contribution in [1.82, 2.24) is 9.88 Å². The maximum Gasteiger partial charge on any atom is 0.260 e. The van der Waals surface area contributed by atoms with Gasteiger partial charge in [-0.05, 0) is 62.6 Å². The van der Waals surface area contributed by atoms with E-state index in [2.05, 4.69) is 17.1 Å². The summed E-state index contributed by atoms with van der Waals surface area (Å²) in [7, 11) is 1.72. The molecule has 1 amide bonds. The van der Waals surface area contributed by atoms with Gasteiger partial charge >= 0.3 is 0 Å². The molecule has 0 radical (unpaired) electrons. The molecule has 5 atom stereocenters. The summed E-state index contributed by atoms with van der Waals surface area (Å²) in [5.41, 5.74) is -0.156. The van der Waals surface area contributed by atoms with Crippen molar-refractivity contribution >= 4 is 5.91 Å². The molecule has 2 aromatic rings. The highest BCUT2D eigenvalue weighted by Gasteiger charge is 2.55. The van der Waals surface area contributed by atoms with E-state index in [0.717, 1.165) is 6.42 Å². The molecular formula is C26H34N2O5. The lowest BCUT2D eigenvalue weighted by Crippen LogP contribution is -2.58. The zero-order chi connectivity index (χ0) is 23.5. The Morgan fingerprint density at radius 3 is 2.73 bits per heavy atom. The molecule has 2 saturated heterocycles. The summed E-state index contributed by atoms with van der Waals surface area (Å²) in [5, 5.41) is 21.4. The Morgan fingerprint density at radius 1 is 1.24 bits per heavy atom. The molecule has 0 saturated carbocycles. The summed E-state index contributed by atoms with van der Waals surface area (Å²) < 4.78 is 12.2. The third-order valence-corrected chi connectivity index (χ3v) is 7.33. The number of aliphatic hydroxyl groups is 2. The molecule has 0 unspecified atom stereocenters. The number of likely N-dealkylation sites (N-methyl/N-ethyl adjacent to an activating group) is 1. The van der Waals surface area contributed by atoms with Crippen LogP contribution in [0.1, 0.15) is 50.5 Å². The van der Waals surface area contributed by atoms with Gasteiger partial charge in [0, 0.05) is 19.9 Å². The normalized spacial score (nSPS) is 31.5. The number of ether oxygens (including phenoxy) is 2. The minimum atomic E-state index is -0.864. The molecule has 2 bridgehead atoms. The van der Waals surface area contributed by atoms with Crippen LogP contribution < -0.4 is 4.74 Å². The van der Waals surface area contributed by atoms with Crippen LogP contribution in [-0.2, 0) is 9.53 Å². The molecule has 7 nitrogen and oxygen atoms in total. The molecular weight excluding hydrogens is 420 g/mol. The number of hydrogen-bond acceptors (Lipinski definition) is 6. The Balaban J connectivity index is 1.54. The van der Waals surface area contributed by atoms with Crippen molar-refractivity contribution in [1.29, 1.82) is 0 Å². The number of carbonyl (C=O) groups is 1. The Bertz CT molecular complexity index is 927. The lowest BCUT2D eigenvalue weighted by atomic mass is 9.73. The smallest absolute Gasteiger partial charge is 0.260 e. The van der Waals surface area contributed by atoms with Crippen LogP contribution in [0.15, 0.2) is 54.9 Å². The topological polar surface area (TPSA) is 92.1 Å². The molecule has 1 aromatic carbocycles. The summed E-state index contributed by atoms with van der Waals surface area (Å²) in [5.74, 6) is 0.526. The standard InChI is InChI=1S/C26H34N2O5/c1-25-15-20(19-7-4-3-5-8-19)16-26(33-25,12-14-29)11-10-22(24(25)31)28(2)23(30)18-32-21-9-6-13-27-17-21/h3-9,13,17,20,22,24,29,31H,10-12,14-16,18H2,1-2H3/t20-,22+,24-,25+,26-/m1/s1. The van der Waals surface area contributed by atoms with Crippen molar-refractivity contribution in [3.8, 4) is 5.75 Å². The molecule has 1 aromatic heterocycles.